The van der Waals surface area contributed by atoms with Crippen molar-refractivity contribution in [3.05, 3.63) is 29.8 Å². The van der Waals surface area contributed by atoms with Gasteiger partial charge in [-0.15, -0.1) is 0 Å². The summed E-state index contributed by atoms with van der Waals surface area (Å²) in [4.78, 5) is 0. The number of aryl methyl sites for hydroxylation is 1. The molecule has 0 aliphatic heterocycles. The summed E-state index contributed by atoms with van der Waals surface area (Å²) < 4.78 is 5.62. The molecule has 0 aliphatic carbocycles. The van der Waals surface area contributed by atoms with Crippen molar-refractivity contribution in [1.82, 2.24) is 0 Å². The van der Waals surface area contributed by atoms with Crippen LogP contribution in [0.4, 0.5) is 5.69 Å². The molecular formula is C17H29NO2. The molecule has 0 amide bonds. The third kappa shape index (κ3) is 8.18. The number of rotatable bonds is 12. The first-order chi connectivity index (χ1) is 9.86. The summed E-state index contributed by atoms with van der Waals surface area (Å²) in [6.07, 6.45) is 7.76. The van der Waals surface area contributed by atoms with Gasteiger partial charge in [0.2, 0.25) is 0 Å². The van der Waals surface area contributed by atoms with Crippen LogP contribution in [-0.4, -0.2) is 32.0 Å². The lowest BCUT2D eigenvalue weighted by atomic mass is 10.1. The lowest BCUT2D eigenvalue weighted by molar-refractivity contribution is 0.126. The molecule has 0 spiro atoms. The van der Waals surface area contributed by atoms with Crippen LogP contribution >= 0.6 is 0 Å². The Morgan fingerprint density at radius 1 is 0.900 bits per heavy atom. The van der Waals surface area contributed by atoms with Crippen molar-refractivity contribution in [2.45, 2.75) is 44.9 Å². The molecule has 0 fully saturated rings. The molecule has 1 aromatic carbocycles. The summed E-state index contributed by atoms with van der Waals surface area (Å²) in [5.41, 5.74) is 2.56. The largest absolute Gasteiger partial charge is 0.396 e. The van der Waals surface area contributed by atoms with Gasteiger partial charge in [0.25, 0.3) is 0 Å². The van der Waals surface area contributed by atoms with Gasteiger partial charge in [-0.25, -0.2) is 0 Å². The van der Waals surface area contributed by atoms with Crippen molar-refractivity contribution in [1.29, 1.82) is 0 Å². The van der Waals surface area contributed by atoms with Crippen molar-refractivity contribution in [2.24, 2.45) is 0 Å². The van der Waals surface area contributed by atoms with Gasteiger partial charge in [-0.2, -0.15) is 0 Å². The van der Waals surface area contributed by atoms with E-state index in [0.29, 0.717) is 6.61 Å². The zero-order valence-electron chi connectivity index (χ0n) is 12.7. The normalized spacial score (nSPS) is 10.7. The Morgan fingerprint density at radius 3 is 2.20 bits per heavy atom. The number of aliphatic hydroxyl groups is 1. The Hall–Kier alpha value is -1.06. The summed E-state index contributed by atoms with van der Waals surface area (Å²) in [6.45, 7) is 2.05. The Balaban J connectivity index is 1.91. The maximum Gasteiger partial charge on any atom is 0.0466 e. The number of nitrogens with one attached hydrogen (secondary N) is 1. The second kappa shape index (κ2) is 11.7. The molecule has 0 unspecified atom stereocenters. The fourth-order valence-corrected chi connectivity index (χ4v) is 2.14. The highest BCUT2D eigenvalue weighted by Crippen LogP contribution is 2.11. The zero-order valence-corrected chi connectivity index (χ0v) is 12.7. The molecule has 3 heteroatoms. The molecular weight excluding hydrogens is 250 g/mol. The van der Waals surface area contributed by atoms with Crippen LogP contribution in [-0.2, 0) is 11.2 Å². The number of benzene rings is 1. The van der Waals surface area contributed by atoms with Gasteiger partial charge in [-0.3, -0.25) is 0 Å². The van der Waals surface area contributed by atoms with Crippen LogP contribution in [0.5, 0.6) is 0 Å². The number of aliphatic hydroxyl groups excluding tert-OH is 1. The van der Waals surface area contributed by atoms with Crippen molar-refractivity contribution < 1.29 is 9.84 Å². The highest BCUT2D eigenvalue weighted by atomic mass is 16.5. The summed E-state index contributed by atoms with van der Waals surface area (Å²) >= 11 is 0. The van der Waals surface area contributed by atoms with Crippen molar-refractivity contribution in [2.75, 3.05) is 32.2 Å². The second-order valence-electron chi connectivity index (χ2n) is 5.15. The van der Waals surface area contributed by atoms with Crippen molar-refractivity contribution >= 4 is 5.69 Å². The third-order valence-electron chi connectivity index (χ3n) is 3.44. The molecule has 0 heterocycles. The van der Waals surface area contributed by atoms with Crippen LogP contribution in [0.1, 0.15) is 44.1 Å². The van der Waals surface area contributed by atoms with E-state index in [1.54, 1.807) is 0 Å². The van der Waals surface area contributed by atoms with Crippen LogP contribution in [0.25, 0.3) is 0 Å². The van der Waals surface area contributed by atoms with Gasteiger partial charge in [0.1, 0.15) is 0 Å². The standard InChI is InChI=1S/C17H29NO2/c1-18-17-11-9-16(10-12-17)8-4-7-15-20-14-6-3-2-5-13-19/h9-12,18-19H,2-8,13-15H2,1H3. The van der Waals surface area contributed by atoms with Crippen LogP contribution in [0.2, 0.25) is 0 Å². The van der Waals surface area contributed by atoms with Crippen LogP contribution in [0.15, 0.2) is 24.3 Å². The van der Waals surface area contributed by atoms with Gasteiger partial charge in [0.15, 0.2) is 0 Å². The van der Waals surface area contributed by atoms with E-state index in [1.807, 2.05) is 7.05 Å². The van der Waals surface area contributed by atoms with Crippen molar-refractivity contribution in [3.63, 3.8) is 0 Å². The maximum atomic E-state index is 8.65. The van der Waals surface area contributed by atoms with Crippen LogP contribution in [0.3, 0.4) is 0 Å². The zero-order chi connectivity index (χ0) is 14.5. The quantitative estimate of drug-likeness (QED) is 0.574. The molecule has 1 aromatic rings. The smallest absolute Gasteiger partial charge is 0.0466 e. The first-order valence-electron chi connectivity index (χ1n) is 7.82. The monoisotopic (exact) mass is 279 g/mol. The van der Waals surface area contributed by atoms with E-state index in [9.17, 15) is 0 Å². The molecule has 0 aliphatic rings. The van der Waals surface area contributed by atoms with E-state index >= 15 is 0 Å². The molecule has 0 saturated heterocycles. The minimum atomic E-state index is 0.316. The van der Waals surface area contributed by atoms with E-state index in [2.05, 4.69) is 29.6 Å². The van der Waals surface area contributed by atoms with Gasteiger partial charge >= 0.3 is 0 Å². The van der Waals surface area contributed by atoms with Gasteiger partial charge < -0.3 is 15.2 Å². The average molecular weight is 279 g/mol. The number of hydrogen-bond acceptors (Lipinski definition) is 3. The average Bonchev–Trinajstić information content (AvgIpc) is 2.50. The van der Waals surface area contributed by atoms with E-state index in [-0.39, 0.29) is 0 Å². The number of ether oxygens (including phenoxy) is 1. The predicted octanol–water partition coefficient (Wildman–Crippen LogP) is 3.62. The van der Waals surface area contributed by atoms with Crippen LogP contribution < -0.4 is 5.32 Å². The molecule has 0 radical (unpaired) electrons. The third-order valence-corrected chi connectivity index (χ3v) is 3.44. The van der Waals surface area contributed by atoms with Gasteiger partial charge in [-0.1, -0.05) is 25.0 Å². The molecule has 0 bridgehead atoms. The van der Waals surface area contributed by atoms with E-state index in [4.69, 9.17) is 9.84 Å². The topological polar surface area (TPSA) is 41.5 Å². The lowest BCUT2D eigenvalue weighted by Crippen LogP contribution is -1.98. The summed E-state index contributed by atoms with van der Waals surface area (Å²) in [7, 11) is 1.94. The fourth-order valence-electron chi connectivity index (χ4n) is 2.14. The van der Waals surface area contributed by atoms with Crippen LogP contribution in [0, 0.1) is 0 Å². The van der Waals surface area contributed by atoms with E-state index < -0.39 is 0 Å². The highest BCUT2D eigenvalue weighted by Gasteiger charge is 1.95. The first-order valence-corrected chi connectivity index (χ1v) is 7.82. The van der Waals surface area contributed by atoms with E-state index in [1.165, 1.54) is 24.1 Å². The molecule has 0 atom stereocenters. The molecule has 0 saturated carbocycles. The molecule has 3 nitrogen and oxygen atoms in total. The predicted molar refractivity (Wildman–Crippen MR) is 85.3 cm³/mol. The maximum absolute atomic E-state index is 8.65. The number of unbranched alkanes of at least 4 members (excludes halogenated alkanes) is 4. The highest BCUT2D eigenvalue weighted by molar-refractivity contribution is 5.43. The minimum absolute atomic E-state index is 0.316. The number of hydrogen-bond donors (Lipinski definition) is 2. The van der Waals surface area contributed by atoms with E-state index in [0.717, 1.165) is 45.3 Å². The summed E-state index contributed by atoms with van der Waals surface area (Å²) in [5.74, 6) is 0. The van der Waals surface area contributed by atoms with Crippen molar-refractivity contribution in [3.8, 4) is 0 Å². The SMILES string of the molecule is CNc1ccc(CCCCOCCCCCCO)cc1. The first kappa shape index (κ1) is 17.0. The summed E-state index contributed by atoms with van der Waals surface area (Å²) in [6, 6.07) is 8.62. The lowest BCUT2D eigenvalue weighted by Gasteiger charge is -2.05. The molecule has 20 heavy (non-hydrogen) atoms. The minimum Gasteiger partial charge on any atom is -0.396 e. The Kier molecular flexibility index (Phi) is 9.98. The Morgan fingerprint density at radius 2 is 1.55 bits per heavy atom. The molecule has 1 rings (SSSR count). The second-order valence-corrected chi connectivity index (χ2v) is 5.15. The summed E-state index contributed by atoms with van der Waals surface area (Å²) in [5, 5.41) is 11.8. The molecule has 2 N–H and O–H groups in total. The molecule has 0 aromatic heterocycles. The Bertz CT molecular complexity index is 324. The fraction of sp³-hybridized carbons (Fsp3) is 0.647. The molecule has 114 valence electrons. The van der Waals surface area contributed by atoms with Gasteiger partial charge in [-0.05, 0) is 49.8 Å². The number of anilines is 1. The Labute approximate surface area is 123 Å². The van der Waals surface area contributed by atoms with Gasteiger partial charge in [0.05, 0.1) is 0 Å². The van der Waals surface area contributed by atoms with Gasteiger partial charge in [0, 0.05) is 32.6 Å².